The van der Waals surface area contributed by atoms with E-state index in [2.05, 4.69) is 0 Å². The summed E-state index contributed by atoms with van der Waals surface area (Å²) in [6.45, 7) is 1.81. The second-order valence-electron chi connectivity index (χ2n) is 7.15. The third-order valence-corrected chi connectivity index (χ3v) is 5.42. The highest BCUT2D eigenvalue weighted by Crippen LogP contribution is 2.47. The van der Waals surface area contributed by atoms with Crippen molar-refractivity contribution in [1.29, 1.82) is 0 Å². The van der Waals surface area contributed by atoms with Crippen molar-refractivity contribution in [3.05, 3.63) is 71.3 Å². The lowest BCUT2D eigenvalue weighted by atomic mass is 9.85. The highest BCUT2D eigenvalue weighted by Gasteiger charge is 2.57. The van der Waals surface area contributed by atoms with Gasteiger partial charge in [0.25, 0.3) is 0 Å². The summed E-state index contributed by atoms with van der Waals surface area (Å²) < 4.78 is 38.1. The standard InChI is InChI=1S/C21H19F2NO4/c1-13(21(12-28-21)17-8-7-15(22)10-18(17)23)19(25)24-16(11-27-20(24)26)9-14-5-3-2-4-6-14/h2-8,10,13,16H,9,11-12H2,1H3/t13-,16?,21-/m0/s1. The summed E-state index contributed by atoms with van der Waals surface area (Å²) in [5, 5.41) is 0. The molecule has 146 valence electrons. The summed E-state index contributed by atoms with van der Waals surface area (Å²) in [5.41, 5.74) is -0.116. The monoisotopic (exact) mass is 387 g/mol. The molecule has 2 aromatic rings. The zero-order valence-corrected chi connectivity index (χ0v) is 15.2. The first-order valence-corrected chi connectivity index (χ1v) is 9.05. The number of nitrogens with zero attached hydrogens (tertiary/aromatic N) is 1. The van der Waals surface area contributed by atoms with Crippen LogP contribution in [0.2, 0.25) is 0 Å². The summed E-state index contributed by atoms with van der Waals surface area (Å²) in [7, 11) is 0. The maximum atomic E-state index is 14.3. The molecular weight excluding hydrogens is 368 g/mol. The molecule has 1 unspecified atom stereocenters. The van der Waals surface area contributed by atoms with Crippen molar-refractivity contribution in [2.45, 2.75) is 25.0 Å². The van der Waals surface area contributed by atoms with Gasteiger partial charge in [-0.1, -0.05) is 43.3 Å². The van der Waals surface area contributed by atoms with Crippen LogP contribution in [0, 0.1) is 17.6 Å². The molecule has 2 heterocycles. The topological polar surface area (TPSA) is 59.1 Å². The molecular formula is C21H19F2NO4. The van der Waals surface area contributed by atoms with Gasteiger partial charge in [-0.05, 0) is 18.1 Å². The Morgan fingerprint density at radius 1 is 1.25 bits per heavy atom. The fourth-order valence-corrected chi connectivity index (χ4v) is 3.72. The maximum absolute atomic E-state index is 14.3. The van der Waals surface area contributed by atoms with E-state index in [1.165, 1.54) is 6.07 Å². The number of carbonyl (C=O) groups is 2. The van der Waals surface area contributed by atoms with Crippen LogP contribution >= 0.6 is 0 Å². The van der Waals surface area contributed by atoms with Crippen molar-refractivity contribution >= 4 is 12.0 Å². The molecule has 0 N–H and O–H groups in total. The van der Waals surface area contributed by atoms with Crippen LogP contribution < -0.4 is 0 Å². The fourth-order valence-electron chi connectivity index (χ4n) is 3.72. The van der Waals surface area contributed by atoms with Crippen molar-refractivity contribution in [3.8, 4) is 0 Å². The van der Waals surface area contributed by atoms with Crippen molar-refractivity contribution in [3.63, 3.8) is 0 Å². The molecule has 3 atom stereocenters. The Morgan fingerprint density at radius 3 is 2.61 bits per heavy atom. The van der Waals surface area contributed by atoms with E-state index in [1.54, 1.807) is 6.92 Å². The van der Waals surface area contributed by atoms with Crippen molar-refractivity contribution < 1.29 is 27.8 Å². The molecule has 2 amide bonds. The van der Waals surface area contributed by atoms with Crippen LogP contribution in [-0.2, 0) is 26.3 Å². The highest BCUT2D eigenvalue weighted by atomic mass is 19.1. The highest BCUT2D eigenvalue weighted by molar-refractivity contribution is 5.95. The number of cyclic esters (lactones) is 1. The number of imide groups is 1. The first kappa shape index (κ1) is 18.6. The minimum atomic E-state index is -1.20. The SMILES string of the molecule is C[C@@H](C(=O)N1C(=O)OCC1Cc1ccccc1)[C@]1(c2ccc(F)cc2F)CO1. The molecule has 2 aliphatic rings. The normalized spacial score (nSPS) is 24.8. The van der Waals surface area contributed by atoms with Crippen LogP contribution in [0.4, 0.5) is 13.6 Å². The van der Waals surface area contributed by atoms with Gasteiger partial charge in [0.1, 0.15) is 23.8 Å². The minimum absolute atomic E-state index is 0.102. The molecule has 2 fully saturated rings. The lowest BCUT2D eigenvalue weighted by Crippen LogP contribution is -2.46. The van der Waals surface area contributed by atoms with Gasteiger partial charge in [-0.2, -0.15) is 0 Å². The first-order valence-electron chi connectivity index (χ1n) is 9.05. The molecule has 0 aliphatic carbocycles. The Balaban J connectivity index is 1.57. The zero-order chi connectivity index (χ0) is 19.9. The smallest absolute Gasteiger partial charge is 0.416 e. The fraction of sp³-hybridized carbons (Fsp3) is 0.333. The van der Waals surface area contributed by atoms with Crippen LogP contribution in [0.5, 0.6) is 0 Å². The average Bonchev–Trinajstić information content (AvgIpc) is 3.40. The first-order chi connectivity index (χ1) is 13.4. The Bertz CT molecular complexity index is 914. The van der Waals surface area contributed by atoms with E-state index >= 15 is 0 Å². The number of epoxide rings is 1. The van der Waals surface area contributed by atoms with E-state index in [4.69, 9.17) is 9.47 Å². The number of ether oxygens (including phenoxy) is 2. The number of amides is 2. The summed E-state index contributed by atoms with van der Waals surface area (Å²) >= 11 is 0. The molecule has 7 heteroatoms. The van der Waals surface area contributed by atoms with Crippen LogP contribution in [0.3, 0.4) is 0 Å². The number of halogens is 2. The Morgan fingerprint density at radius 2 is 1.96 bits per heavy atom. The molecule has 2 saturated heterocycles. The molecule has 5 nitrogen and oxygen atoms in total. The molecule has 0 bridgehead atoms. The Labute approximate surface area is 160 Å². The number of hydrogen-bond acceptors (Lipinski definition) is 4. The van der Waals surface area contributed by atoms with Crippen LogP contribution in [0.25, 0.3) is 0 Å². The van der Waals surface area contributed by atoms with Crippen LogP contribution in [0.15, 0.2) is 48.5 Å². The molecule has 0 aromatic heterocycles. The second-order valence-corrected chi connectivity index (χ2v) is 7.15. The quantitative estimate of drug-likeness (QED) is 0.738. The maximum Gasteiger partial charge on any atom is 0.416 e. The molecule has 2 aromatic carbocycles. The molecule has 28 heavy (non-hydrogen) atoms. The largest absolute Gasteiger partial charge is 0.447 e. The summed E-state index contributed by atoms with van der Waals surface area (Å²) in [4.78, 5) is 26.5. The Kier molecular flexibility index (Phi) is 4.63. The van der Waals surface area contributed by atoms with Gasteiger partial charge in [0.05, 0.1) is 18.6 Å². The summed E-state index contributed by atoms with van der Waals surface area (Å²) in [5.74, 6) is -2.81. The lowest BCUT2D eigenvalue weighted by molar-refractivity contribution is -0.135. The van der Waals surface area contributed by atoms with Gasteiger partial charge < -0.3 is 9.47 Å². The van der Waals surface area contributed by atoms with Gasteiger partial charge in [0.15, 0.2) is 0 Å². The third kappa shape index (κ3) is 3.16. The average molecular weight is 387 g/mol. The molecule has 0 spiro atoms. The van der Waals surface area contributed by atoms with Gasteiger partial charge in [-0.15, -0.1) is 0 Å². The number of benzene rings is 2. The number of rotatable bonds is 5. The number of hydrogen-bond donors (Lipinski definition) is 0. The van der Waals surface area contributed by atoms with Gasteiger partial charge in [-0.3, -0.25) is 4.79 Å². The van der Waals surface area contributed by atoms with Crippen molar-refractivity contribution in [1.82, 2.24) is 4.90 Å². The van der Waals surface area contributed by atoms with Gasteiger partial charge >= 0.3 is 6.09 Å². The molecule has 2 aliphatic heterocycles. The van der Waals surface area contributed by atoms with Crippen molar-refractivity contribution in [2.75, 3.05) is 13.2 Å². The molecule has 0 saturated carbocycles. The predicted molar refractivity (Wildman–Crippen MR) is 95.3 cm³/mol. The van der Waals surface area contributed by atoms with Gasteiger partial charge in [0, 0.05) is 11.6 Å². The second kappa shape index (κ2) is 6.98. The molecule has 0 radical (unpaired) electrons. The van der Waals surface area contributed by atoms with E-state index in [-0.39, 0.29) is 18.8 Å². The van der Waals surface area contributed by atoms with Crippen LogP contribution in [0.1, 0.15) is 18.1 Å². The van der Waals surface area contributed by atoms with Crippen LogP contribution in [-0.4, -0.2) is 36.2 Å². The third-order valence-electron chi connectivity index (χ3n) is 5.42. The summed E-state index contributed by atoms with van der Waals surface area (Å²) in [6, 6.07) is 12.2. The van der Waals surface area contributed by atoms with E-state index < -0.39 is 41.2 Å². The Hall–Kier alpha value is -2.80. The van der Waals surface area contributed by atoms with E-state index in [0.29, 0.717) is 6.42 Å². The number of carbonyl (C=O) groups excluding carboxylic acids is 2. The van der Waals surface area contributed by atoms with E-state index in [1.807, 2.05) is 30.3 Å². The molecule has 4 rings (SSSR count). The zero-order valence-electron chi connectivity index (χ0n) is 15.2. The van der Waals surface area contributed by atoms with Gasteiger partial charge in [0.2, 0.25) is 5.91 Å². The van der Waals surface area contributed by atoms with Gasteiger partial charge in [-0.25, -0.2) is 18.5 Å². The lowest BCUT2D eigenvalue weighted by Gasteiger charge is -2.26. The summed E-state index contributed by atoms with van der Waals surface area (Å²) in [6.07, 6.45) is -0.253. The van der Waals surface area contributed by atoms with E-state index in [9.17, 15) is 18.4 Å². The minimum Gasteiger partial charge on any atom is -0.447 e. The van der Waals surface area contributed by atoms with Crippen molar-refractivity contribution in [2.24, 2.45) is 5.92 Å². The van der Waals surface area contributed by atoms with E-state index in [0.717, 1.165) is 22.6 Å². The predicted octanol–water partition coefficient (Wildman–Crippen LogP) is 3.42.